The van der Waals surface area contributed by atoms with Gasteiger partial charge in [0.2, 0.25) is 15.9 Å². The number of hydrogen-bond donors (Lipinski definition) is 1. The Bertz CT molecular complexity index is 942. The Morgan fingerprint density at radius 2 is 1.83 bits per heavy atom. The summed E-state index contributed by atoms with van der Waals surface area (Å²) in [6.45, 7) is 4.14. The monoisotopic (exact) mass is 450 g/mol. The molecule has 1 amide bonds. The summed E-state index contributed by atoms with van der Waals surface area (Å²) in [5, 5.41) is 2.82. The lowest BCUT2D eigenvalue weighted by atomic mass is 10.2. The largest absolute Gasteiger partial charge is 0.494 e. The van der Waals surface area contributed by atoms with Crippen LogP contribution in [-0.4, -0.2) is 57.3 Å². The van der Waals surface area contributed by atoms with Crippen LogP contribution in [0.2, 0.25) is 0 Å². The molecule has 1 aliphatic rings. The van der Waals surface area contributed by atoms with Gasteiger partial charge in [0.1, 0.15) is 5.75 Å². The summed E-state index contributed by atoms with van der Waals surface area (Å²) in [7, 11) is -3.62. The zero-order chi connectivity index (χ0) is 21.4. The minimum absolute atomic E-state index is 0.155. The van der Waals surface area contributed by atoms with Gasteiger partial charge >= 0.3 is 0 Å². The number of sulfonamides is 1. The number of hydrogen-bond acceptors (Lipinski definition) is 6. The van der Waals surface area contributed by atoms with Crippen molar-refractivity contribution >= 4 is 27.7 Å². The Balaban J connectivity index is 1.57. The maximum absolute atomic E-state index is 13.0. The molecule has 2 aromatic carbocycles. The minimum atomic E-state index is -3.62. The van der Waals surface area contributed by atoms with Crippen LogP contribution in [-0.2, 0) is 26.1 Å². The highest BCUT2D eigenvalue weighted by molar-refractivity contribution is 8.00. The number of ether oxygens (including phenoxy) is 2. The van der Waals surface area contributed by atoms with E-state index in [1.165, 1.54) is 16.1 Å². The van der Waals surface area contributed by atoms with E-state index in [0.29, 0.717) is 38.5 Å². The van der Waals surface area contributed by atoms with E-state index in [0.717, 1.165) is 10.6 Å². The van der Waals surface area contributed by atoms with Crippen LogP contribution in [0.4, 0.5) is 0 Å². The molecule has 0 unspecified atom stereocenters. The first-order chi connectivity index (χ1) is 14.5. The first-order valence-electron chi connectivity index (χ1n) is 9.79. The molecule has 0 saturated carbocycles. The number of nitrogens with one attached hydrogen (secondary N) is 1. The number of benzene rings is 2. The Morgan fingerprint density at radius 1 is 1.13 bits per heavy atom. The normalized spacial score (nSPS) is 15.0. The van der Waals surface area contributed by atoms with Gasteiger partial charge in [-0.05, 0) is 42.8 Å². The number of carbonyl (C=O) groups excluding carboxylic acids is 1. The summed E-state index contributed by atoms with van der Waals surface area (Å²) in [5.41, 5.74) is 0.573. The maximum atomic E-state index is 13.0. The van der Waals surface area contributed by atoms with Crippen molar-refractivity contribution in [3.63, 3.8) is 0 Å². The second-order valence-corrected chi connectivity index (χ2v) is 9.55. The van der Waals surface area contributed by atoms with Gasteiger partial charge in [-0.15, -0.1) is 11.8 Å². The highest BCUT2D eigenvalue weighted by Crippen LogP contribution is 2.23. The van der Waals surface area contributed by atoms with Crippen molar-refractivity contribution in [1.82, 2.24) is 9.62 Å². The standard InChI is InChI=1S/C21H26N2O5S2/c1-2-28-18-7-9-19(10-8-18)29-16-21(24)22-15-17-5-3-4-6-20(17)30(25,26)23-11-13-27-14-12-23/h3-10H,2,11-16H2,1H3,(H,22,24). The molecule has 7 nitrogen and oxygen atoms in total. The molecule has 9 heteroatoms. The van der Waals surface area contributed by atoms with Crippen LogP contribution in [0.25, 0.3) is 0 Å². The quantitative estimate of drug-likeness (QED) is 0.591. The SMILES string of the molecule is CCOc1ccc(SCC(=O)NCc2ccccc2S(=O)(=O)N2CCOCC2)cc1. The molecule has 0 aliphatic carbocycles. The van der Waals surface area contributed by atoms with Crippen molar-refractivity contribution in [2.75, 3.05) is 38.7 Å². The van der Waals surface area contributed by atoms with E-state index in [4.69, 9.17) is 9.47 Å². The molecule has 1 N–H and O–H groups in total. The number of morpholine rings is 1. The first kappa shape index (κ1) is 22.6. The van der Waals surface area contributed by atoms with Gasteiger partial charge in [0.05, 0.1) is 30.5 Å². The van der Waals surface area contributed by atoms with Gasteiger partial charge in [0.25, 0.3) is 0 Å². The summed E-state index contributed by atoms with van der Waals surface area (Å²) in [6.07, 6.45) is 0. The number of thioether (sulfide) groups is 1. The highest BCUT2D eigenvalue weighted by atomic mass is 32.2. The van der Waals surface area contributed by atoms with Gasteiger partial charge in [-0.2, -0.15) is 4.31 Å². The third-order valence-electron chi connectivity index (χ3n) is 4.54. The fraction of sp³-hybridized carbons (Fsp3) is 0.381. The molecule has 2 aromatic rings. The predicted octanol–water partition coefficient (Wildman–Crippen LogP) is 2.51. The topological polar surface area (TPSA) is 84.9 Å². The summed E-state index contributed by atoms with van der Waals surface area (Å²) < 4.78 is 38.0. The average molecular weight is 451 g/mol. The molecule has 0 atom stereocenters. The van der Waals surface area contributed by atoms with Gasteiger partial charge < -0.3 is 14.8 Å². The molecule has 30 heavy (non-hydrogen) atoms. The Labute approximate surface area is 181 Å². The molecular formula is C21H26N2O5S2. The molecule has 1 saturated heterocycles. The van der Waals surface area contributed by atoms with Crippen molar-refractivity contribution in [2.24, 2.45) is 0 Å². The lowest BCUT2D eigenvalue weighted by molar-refractivity contribution is -0.118. The van der Waals surface area contributed by atoms with Gasteiger partial charge in [-0.1, -0.05) is 18.2 Å². The average Bonchev–Trinajstić information content (AvgIpc) is 2.78. The third kappa shape index (κ3) is 5.98. The van der Waals surface area contributed by atoms with Crippen molar-refractivity contribution < 1.29 is 22.7 Å². The van der Waals surface area contributed by atoms with Crippen LogP contribution in [0.15, 0.2) is 58.3 Å². The van der Waals surface area contributed by atoms with Crippen LogP contribution in [0.5, 0.6) is 5.75 Å². The fourth-order valence-corrected chi connectivity index (χ4v) is 5.38. The summed E-state index contributed by atoms with van der Waals surface area (Å²) in [6, 6.07) is 14.3. The first-order valence-corrected chi connectivity index (χ1v) is 12.2. The molecule has 0 bridgehead atoms. The van der Waals surface area contributed by atoms with Crippen LogP contribution < -0.4 is 10.1 Å². The summed E-state index contributed by atoms with van der Waals surface area (Å²) in [5.74, 6) is 0.878. The van der Waals surface area contributed by atoms with Crippen molar-refractivity contribution in [1.29, 1.82) is 0 Å². The van der Waals surface area contributed by atoms with E-state index < -0.39 is 10.0 Å². The molecule has 0 aromatic heterocycles. The number of carbonyl (C=O) groups is 1. The number of amides is 1. The van der Waals surface area contributed by atoms with Crippen LogP contribution >= 0.6 is 11.8 Å². The van der Waals surface area contributed by atoms with Crippen molar-refractivity contribution in [3.8, 4) is 5.75 Å². The summed E-state index contributed by atoms with van der Waals surface area (Å²) in [4.78, 5) is 13.5. The Hall–Kier alpha value is -2.07. The number of nitrogens with zero attached hydrogens (tertiary/aromatic N) is 1. The fourth-order valence-electron chi connectivity index (χ4n) is 3.02. The molecule has 1 aliphatic heterocycles. The van der Waals surface area contributed by atoms with Crippen LogP contribution in [0.1, 0.15) is 12.5 Å². The van der Waals surface area contributed by atoms with Crippen LogP contribution in [0, 0.1) is 0 Å². The zero-order valence-corrected chi connectivity index (χ0v) is 18.5. The van der Waals surface area contributed by atoms with E-state index in [9.17, 15) is 13.2 Å². The van der Waals surface area contributed by atoms with Gasteiger partial charge in [0, 0.05) is 24.5 Å². The molecule has 0 radical (unpaired) electrons. The lowest BCUT2D eigenvalue weighted by Gasteiger charge is -2.27. The van der Waals surface area contributed by atoms with Gasteiger partial charge in [0.15, 0.2) is 0 Å². The van der Waals surface area contributed by atoms with E-state index in [1.807, 2.05) is 31.2 Å². The van der Waals surface area contributed by atoms with E-state index in [-0.39, 0.29) is 23.1 Å². The molecular weight excluding hydrogens is 424 g/mol. The zero-order valence-electron chi connectivity index (χ0n) is 16.9. The van der Waals surface area contributed by atoms with Crippen LogP contribution in [0.3, 0.4) is 0 Å². The Morgan fingerprint density at radius 3 is 2.53 bits per heavy atom. The maximum Gasteiger partial charge on any atom is 0.243 e. The second-order valence-electron chi connectivity index (χ2n) is 6.59. The summed E-state index contributed by atoms with van der Waals surface area (Å²) >= 11 is 1.41. The smallest absolute Gasteiger partial charge is 0.243 e. The van der Waals surface area contributed by atoms with Gasteiger partial charge in [-0.25, -0.2) is 8.42 Å². The third-order valence-corrected chi connectivity index (χ3v) is 7.55. The van der Waals surface area contributed by atoms with E-state index in [2.05, 4.69) is 5.32 Å². The van der Waals surface area contributed by atoms with E-state index in [1.54, 1.807) is 24.3 Å². The predicted molar refractivity (Wildman–Crippen MR) is 116 cm³/mol. The molecule has 3 rings (SSSR count). The molecule has 162 valence electrons. The molecule has 1 fully saturated rings. The highest BCUT2D eigenvalue weighted by Gasteiger charge is 2.28. The van der Waals surface area contributed by atoms with Gasteiger partial charge in [-0.3, -0.25) is 4.79 Å². The number of rotatable bonds is 9. The molecule has 1 heterocycles. The van der Waals surface area contributed by atoms with E-state index >= 15 is 0 Å². The minimum Gasteiger partial charge on any atom is -0.494 e. The van der Waals surface area contributed by atoms with Crippen molar-refractivity contribution in [3.05, 3.63) is 54.1 Å². The Kier molecular flexibility index (Phi) is 8.15. The second kappa shape index (κ2) is 10.8. The van der Waals surface area contributed by atoms with Crippen molar-refractivity contribution in [2.45, 2.75) is 23.3 Å². The molecule has 0 spiro atoms. The lowest BCUT2D eigenvalue weighted by Crippen LogP contribution is -2.41.